The molecule has 21 heavy (non-hydrogen) atoms. The van der Waals surface area contributed by atoms with Crippen LogP contribution in [0.4, 0.5) is 10.5 Å². The highest BCUT2D eigenvalue weighted by Crippen LogP contribution is 2.22. The lowest BCUT2D eigenvalue weighted by atomic mass is 10.3. The van der Waals surface area contributed by atoms with Crippen LogP contribution in [0.2, 0.25) is 10.0 Å². The Balaban J connectivity index is 2.47. The number of primary amides is 1. The van der Waals surface area contributed by atoms with Gasteiger partial charge in [-0.3, -0.25) is 4.79 Å². The zero-order valence-corrected chi connectivity index (χ0v) is 12.5. The van der Waals surface area contributed by atoms with Gasteiger partial charge in [0.05, 0.1) is 0 Å². The zero-order valence-electron chi connectivity index (χ0n) is 11.0. The number of rotatable bonds is 5. The molecule has 114 valence electrons. The maximum atomic E-state index is 11.6. The van der Waals surface area contributed by atoms with Gasteiger partial charge < -0.3 is 21.1 Å². The summed E-state index contributed by atoms with van der Waals surface area (Å²) in [6.45, 7) is 0.857. The molecule has 0 aromatic heterocycles. The van der Waals surface area contributed by atoms with E-state index in [4.69, 9.17) is 33.7 Å². The monoisotopic (exact) mass is 333 g/mol. The van der Waals surface area contributed by atoms with E-state index < -0.39 is 30.6 Å². The Labute approximate surface area is 130 Å². The number of amides is 3. The molecule has 0 radical (unpaired) electrons. The molecule has 4 N–H and O–H groups in total. The lowest BCUT2D eigenvalue weighted by molar-refractivity contribution is -0.148. The van der Waals surface area contributed by atoms with Gasteiger partial charge >= 0.3 is 12.0 Å². The van der Waals surface area contributed by atoms with Crippen molar-refractivity contribution in [2.45, 2.75) is 13.0 Å². The topological polar surface area (TPSA) is 111 Å². The van der Waals surface area contributed by atoms with Gasteiger partial charge in [0.15, 0.2) is 6.61 Å². The van der Waals surface area contributed by atoms with E-state index in [1.165, 1.54) is 25.1 Å². The van der Waals surface area contributed by atoms with Crippen LogP contribution in [-0.2, 0) is 14.3 Å². The van der Waals surface area contributed by atoms with Crippen LogP contribution in [0.15, 0.2) is 18.2 Å². The van der Waals surface area contributed by atoms with Gasteiger partial charge in [0.1, 0.15) is 6.04 Å². The van der Waals surface area contributed by atoms with Crippen molar-refractivity contribution in [3.63, 3.8) is 0 Å². The van der Waals surface area contributed by atoms with Gasteiger partial charge in [-0.05, 0) is 25.1 Å². The van der Waals surface area contributed by atoms with Crippen LogP contribution >= 0.6 is 23.2 Å². The summed E-state index contributed by atoms with van der Waals surface area (Å²) in [6.07, 6.45) is 0. The second kappa shape index (κ2) is 7.70. The zero-order chi connectivity index (χ0) is 16.0. The molecule has 0 saturated carbocycles. The normalized spacial score (nSPS) is 11.4. The number of hydrogen-bond donors (Lipinski definition) is 3. The third-order valence-electron chi connectivity index (χ3n) is 2.20. The highest BCUT2D eigenvalue weighted by molar-refractivity contribution is 6.35. The fourth-order valence-corrected chi connectivity index (χ4v) is 1.88. The maximum Gasteiger partial charge on any atom is 0.328 e. The van der Waals surface area contributed by atoms with Crippen molar-refractivity contribution in [2.24, 2.45) is 5.73 Å². The summed E-state index contributed by atoms with van der Waals surface area (Å²) in [6, 6.07) is 2.68. The Kier molecular flexibility index (Phi) is 6.26. The molecule has 0 unspecified atom stereocenters. The third kappa shape index (κ3) is 6.33. The van der Waals surface area contributed by atoms with E-state index in [0.29, 0.717) is 15.7 Å². The summed E-state index contributed by atoms with van der Waals surface area (Å²) >= 11 is 11.6. The van der Waals surface area contributed by atoms with E-state index in [9.17, 15) is 14.4 Å². The molecule has 0 aliphatic heterocycles. The lowest BCUT2D eigenvalue weighted by Crippen LogP contribution is -2.43. The lowest BCUT2D eigenvalue weighted by Gasteiger charge is -2.12. The highest BCUT2D eigenvalue weighted by atomic mass is 35.5. The van der Waals surface area contributed by atoms with Crippen LogP contribution in [0.25, 0.3) is 0 Å². The maximum absolute atomic E-state index is 11.6. The number of nitrogens with two attached hydrogens (primary N) is 1. The Morgan fingerprint density at radius 3 is 2.33 bits per heavy atom. The van der Waals surface area contributed by atoms with E-state index in [-0.39, 0.29) is 0 Å². The van der Waals surface area contributed by atoms with Crippen molar-refractivity contribution in [1.29, 1.82) is 0 Å². The van der Waals surface area contributed by atoms with Gasteiger partial charge in [-0.25, -0.2) is 9.59 Å². The van der Waals surface area contributed by atoms with Crippen LogP contribution in [0.5, 0.6) is 0 Å². The molecular weight excluding hydrogens is 321 g/mol. The standard InChI is InChI=1S/C12H13Cl2N3O4/c1-6(16-12(15)20)11(19)21-5-10(18)17-9-3-7(13)2-8(14)4-9/h2-4,6H,5H2,1H3,(H,17,18)(H3,15,16,20)/t6-/m0/s1. The first-order valence-electron chi connectivity index (χ1n) is 5.76. The molecule has 1 aromatic rings. The SMILES string of the molecule is C[C@H](NC(N)=O)C(=O)OCC(=O)Nc1cc(Cl)cc(Cl)c1. The summed E-state index contributed by atoms with van der Waals surface area (Å²) in [5, 5.41) is 5.30. The molecule has 1 aromatic carbocycles. The highest BCUT2D eigenvalue weighted by Gasteiger charge is 2.17. The number of benzene rings is 1. The predicted molar refractivity (Wildman–Crippen MR) is 78.2 cm³/mol. The molecule has 0 fully saturated rings. The molecule has 0 bridgehead atoms. The average Bonchev–Trinajstić information content (AvgIpc) is 2.33. The number of carbonyl (C=O) groups excluding carboxylic acids is 3. The van der Waals surface area contributed by atoms with Gasteiger partial charge in [-0.2, -0.15) is 0 Å². The molecule has 0 aliphatic carbocycles. The number of carbonyl (C=O) groups is 3. The number of hydrogen-bond acceptors (Lipinski definition) is 4. The molecule has 7 nitrogen and oxygen atoms in total. The second-order valence-corrected chi connectivity index (χ2v) is 4.92. The van der Waals surface area contributed by atoms with Gasteiger partial charge in [0, 0.05) is 15.7 Å². The molecule has 3 amide bonds. The predicted octanol–water partition coefficient (Wildman–Crippen LogP) is 1.53. The van der Waals surface area contributed by atoms with Gasteiger partial charge in [-0.1, -0.05) is 23.2 Å². The second-order valence-electron chi connectivity index (χ2n) is 4.04. The summed E-state index contributed by atoms with van der Waals surface area (Å²) in [7, 11) is 0. The smallest absolute Gasteiger partial charge is 0.328 e. The minimum Gasteiger partial charge on any atom is -0.454 e. The average molecular weight is 334 g/mol. The van der Waals surface area contributed by atoms with Crippen LogP contribution in [0.1, 0.15) is 6.92 Å². The van der Waals surface area contributed by atoms with E-state index >= 15 is 0 Å². The van der Waals surface area contributed by atoms with Crippen LogP contribution in [0.3, 0.4) is 0 Å². The van der Waals surface area contributed by atoms with Crippen molar-refractivity contribution >= 4 is 46.8 Å². The number of nitrogens with one attached hydrogen (secondary N) is 2. The molecule has 1 rings (SSSR count). The first-order valence-corrected chi connectivity index (χ1v) is 6.52. The largest absolute Gasteiger partial charge is 0.454 e. The summed E-state index contributed by atoms with van der Waals surface area (Å²) in [5.74, 6) is -1.36. The van der Waals surface area contributed by atoms with E-state index in [2.05, 4.69) is 10.6 Å². The van der Waals surface area contributed by atoms with Gasteiger partial charge in [0.2, 0.25) is 0 Å². The molecule has 9 heteroatoms. The third-order valence-corrected chi connectivity index (χ3v) is 2.64. The van der Waals surface area contributed by atoms with Crippen LogP contribution < -0.4 is 16.4 Å². The van der Waals surface area contributed by atoms with Crippen molar-refractivity contribution in [3.05, 3.63) is 28.2 Å². The quantitative estimate of drug-likeness (QED) is 0.709. The molecule has 0 spiro atoms. The van der Waals surface area contributed by atoms with Gasteiger partial charge in [-0.15, -0.1) is 0 Å². The van der Waals surface area contributed by atoms with Crippen molar-refractivity contribution in [3.8, 4) is 0 Å². The Morgan fingerprint density at radius 1 is 1.24 bits per heavy atom. The molecular formula is C12H13Cl2N3O4. The Bertz CT molecular complexity index is 545. The van der Waals surface area contributed by atoms with E-state index in [1.807, 2.05) is 0 Å². The van der Waals surface area contributed by atoms with Crippen molar-refractivity contribution < 1.29 is 19.1 Å². The summed E-state index contributed by atoms with van der Waals surface area (Å²) in [5.41, 5.74) is 5.23. The minimum absolute atomic E-state index is 0.356. The molecule has 0 heterocycles. The molecule has 0 aliphatic rings. The van der Waals surface area contributed by atoms with E-state index in [1.54, 1.807) is 0 Å². The fourth-order valence-electron chi connectivity index (χ4n) is 1.36. The Hall–Kier alpha value is -1.99. The Morgan fingerprint density at radius 2 is 1.81 bits per heavy atom. The first-order chi connectivity index (χ1) is 9.77. The van der Waals surface area contributed by atoms with Crippen molar-refractivity contribution in [1.82, 2.24) is 5.32 Å². The number of ether oxygens (including phenoxy) is 1. The number of halogens is 2. The van der Waals surface area contributed by atoms with Gasteiger partial charge in [0.25, 0.3) is 5.91 Å². The van der Waals surface area contributed by atoms with Crippen LogP contribution in [-0.4, -0.2) is 30.6 Å². The molecule has 1 atom stereocenters. The van der Waals surface area contributed by atoms with Crippen LogP contribution in [0, 0.1) is 0 Å². The molecule has 0 saturated heterocycles. The van der Waals surface area contributed by atoms with Crippen molar-refractivity contribution in [2.75, 3.05) is 11.9 Å². The summed E-state index contributed by atoms with van der Waals surface area (Å²) < 4.78 is 4.71. The fraction of sp³-hybridized carbons (Fsp3) is 0.250. The first kappa shape index (κ1) is 17.1. The van der Waals surface area contributed by atoms with E-state index in [0.717, 1.165) is 0 Å². The number of esters is 1. The number of urea groups is 1. The number of anilines is 1. The minimum atomic E-state index is -0.948. The summed E-state index contributed by atoms with van der Waals surface area (Å²) in [4.78, 5) is 33.6.